The Morgan fingerprint density at radius 2 is 2.18 bits per heavy atom. The van der Waals surface area contributed by atoms with Gasteiger partial charge in [-0.1, -0.05) is 13.8 Å². The van der Waals surface area contributed by atoms with Gasteiger partial charge in [-0.25, -0.2) is 4.98 Å². The average molecular weight is 234 g/mol. The summed E-state index contributed by atoms with van der Waals surface area (Å²) < 4.78 is 5.49. The Hall–Kier alpha value is -1.60. The minimum absolute atomic E-state index is 0.0708. The minimum Gasteiger partial charge on any atom is -0.478 e. The van der Waals surface area contributed by atoms with E-state index in [1.165, 1.54) is 6.20 Å². The topological polar surface area (TPSA) is 66.1 Å². The van der Waals surface area contributed by atoms with Gasteiger partial charge >= 0.3 is 0 Å². The monoisotopic (exact) mass is 234 g/mol. The standard InChI is InChI=1S/C13H18N2O2/c1-13(2,5-7-16)6-8-17-12-4-3-11(9-14)10-15-12/h3-4,10,16H,5-8H2,1-2H3. The number of hydrogen-bond acceptors (Lipinski definition) is 4. The molecule has 1 rings (SSSR count). The van der Waals surface area contributed by atoms with E-state index in [1.807, 2.05) is 6.07 Å². The van der Waals surface area contributed by atoms with Crippen molar-refractivity contribution in [3.63, 3.8) is 0 Å². The van der Waals surface area contributed by atoms with E-state index in [0.29, 0.717) is 18.1 Å². The normalized spacial score (nSPS) is 10.9. The number of nitriles is 1. The number of ether oxygens (including phenoxy) is 1. The summed E-state index contributed by atoms with van der Waals surface area (Å²) >= 11 is 0. The largest absolute Gasteiger partial charge is 0.478 e. The summed E-state index contributed by atoms with van der Waals surface area (Å²) in [5.41, 5.74) is 0.597. The molecule has 0 aliphatic carbocycles. The Morgan fingerprint density at radius 1 is 1.41 bits per heavy atom. The van der Waals surface area contributed by atoms with Gasteiger partial charge in [-0.15, -0.1) is 0 Å². The summed E-state index contributed by atoms with van der Waals surface area (Å²) in [4.78, 5) is 4.02. The van der Waals surface area contributed by atoms with E-state index in [1.54, 1.807) is 12.1 Å². The number of aliphatic hydroxyl groups is 1. The molecule has 0 aliphatic heterocycles. The van der Waals surface area contributed by atoms with Crippen molar-refractivity contribution in [2.45, 2.75) is 26.7 Å². The second-order valence-electron chi connectivity index (χ2n) is 4.73. The first kappa shape index (κ1) is 13.5. The van der Waals surface area contributed by atoms with Gasteiger partial charge in [0.25, 0.3) is 0 Å². The van der Waals surface area contributed by atoms with E-state index in [-0.39, 0.29) is 12.0 Å². The zero-order chi connectivity index (χ0) is 12.7. The summed E-state index contributed by atoms with van der Waals surface area (Å²) in [6.07, 6.45) is 3.11. The van der Waals surface area contributed by atoms with E-state index >= 15 is 0 Å². The Balaban J connectivity index is 2.38. The number of pyridine rings is 1. The smallest absolute Gasteiger partial charge is 0.213 e. The van der Waals surface area contributed by atoms with Gasteiger partial charge in [-0.2, -0.15) is 5.26 Å². The summed E-state index contributed by atoms with van der Waals surface area (Å²) in [7, 11) is 0. The van der Waals surface area contributed by atoms with Gasteiger partial charge in [-0.3, -0.25) is 0 Å². The Bertz CT molecular complexity index is 379. The SMILES string of the molecule is CC(C)(CCO)CCOc1ccc(C#N)cn1. The molecule has 1 aromatic heterocycles. The van der Waals surface area contributed by atoms with E-state index in [2.05, 4.69) is 18.8 Å². The Labute approximate surface area is 102 Å². The highest BCUT2D eigenvalue weighted by Crippen LogP contribution is 2.24. The maximum absolute atomic E-state index is 8.89. The van der Waals surface area contributed by atoms with Crippen LogP contribution in [0.15, 0.2) is 18.3 Å². The van der Waals surface area contributed by atoms with Crippen LogP contribution in [-0.2, 0) is 0 Å². The fraction of sp³-hybridized carbons (Fsp3) is 0.538. The second kappa shape index (κ2) is 6.21. The first-order valence-corrected chi connectivity index (χ1v) is 5.67. The molecule has 17 heavy (non-hydrogen) atoms. The van der Waals surface area contributed by atoms with Crippen LogP contribution >= 0.6 is 0 Å². The van der Waals surface area contributed by atoms with Crippen molar-refractivity contribution in [3.05, 3.63) is 23.9 Å². The van der Waals surface area contributed by atoms with Crippen LogP contribution in [0, 0.1) is 16.7 Å². The third-order valence-corrected chi connectivity index (χ3v) is 2.68. The molecule has 0 saturated heterocycles. The first-order valence-electron chi connectivity index (χ1n) is 5.67. The molecule has 0 radical (unpaired) electrons. The van der Waals surface area contributed by atoms with Crippen LogP contribution in [0.4, 0.5) is 0 Å². The molecule has 0 unspecified atom stereocenters. The highest BCUT2D eigenvalue weighted by atomic mass is 16.5. The molecule has 1 heterocycles. The van der Waals surface area contributed by atoms with Crippen LogP contribution in [0.25, 0.3) is 0 Å². The highest BCUT2D eigenvalue weighted by molar-refractivity contribution is 5.28. The molecular weight excluding hydrogens is 216 g/mol. The predicted molar refractivity (Wildman–Crippen MR) is 64.5 cm³/mol. The second-order valence-corrected chi connectivity index (χ2v) is 4.73. The van der Waals surface area contributed by atoms with Crippen LogP contribution in [0.5, 0.6) is 5.88 Å². The molecule has 0 amide bonds. The molecule has 0 spiro atoms. The summed E-state index contributed by atoms with van der Waals surface area (Å²) in [6, 6.07) is 5.38. The van der Waals surface area contributed by atoms with Crippen LogP contribution in [-0.4, -0.2) is 23.3 Å². The molecule has 1 aromatic rings. The zero-order valence-corrected chi connectivity index (χ0v) is 10.3. The molecular formula is C13H18N2O2. The number of aromatic nitrogens is 1. The third-order valence-electron chi connectivity index (χ3n) is 2.68. The predicted octanol–water partition coefficient (Wildman–Crippen LogP) is 2.13. The third kappa shape index (κ3) is 4.83. The molecule has 0 aromatic carbocycles. The van der Waals surface area contributed by atoms with Gasteiger partial charge in [0, 0.05) is 18.9 Å². The molecule has 4 heteroatoms. The molecule has 0 atom stereocenters. The lowest BCUT2D eigenvalue weighted by atomic mass is 9.86. The molecule has 0 aliphatic rings. The number of aliphatic hydroxyl groups excluding tert-OH is 1. The zero-order valence-electron chi connectivity index (χ0n) is 10.3. The summed E-state index contributed by atoms with van der Waals surface area (Å²) in [6.45, 7) is 4.95. The van der Waals surface area contributed by atoms with Crippen LogP contribution in [0.1, 0.15) is 32.3 Å². The Kier molecular flexibility index (Phi) is 4.92. The van der Waals surface area contributed by atoms with Crippen LogP contribution in [0.2, 0.25) is 0 Å². The average Bonchev–Trinajstić information content (AvgIpc) is 2.29. The maximum atomic E-state index is 8.89. The maximum Gasteiger partial charge on any atom is 0.213 e. The van der Waals surface area contributed by atoms with E-state index in [0.717, 1.165) is 12.8 Å². The molecule has 0 bridgehead atoms. The summed E-state index contributed by atoms with van der Waals surface area (Å²) in [5.74, 6) is 0.531. The van der Waals surface area contributed by atoms with Crippen molar-refractivity contribution < 1.29 is 9.84 Å². The lowest BCUT2D eigenvalue weighted by Crippen LogP contribution is -2.17. The fourth-order valence-electron chi connectivity index (χ4n) is 1.39. The van der Waals surface area contributed by atoms with Gasteiger partial charge in [-0.05, 0) is 24.3 Å². The molecule has 1 N–H and O–H groups in total. The van der Waals surface area contributed by atoms with E-state index in [9.17, 15) is 0 Å². The van der Waals surface area contributed by atoms with Crippen molar-refractivity contribution >= 4 is 0 Å². The van der Waals surface area contributed by atoms with Gasteiger partial charge in [0.15, 0.2) is 0 Å². The fourth-order valence-corrected chi connectivity index (χ4v) is 1.39. The minimum atomic E-state index is 0.0708. The Morgan fingerprint density at radius 3 is 2.71 bits per heavy atom. The van der Waals surface area contributed by atoms with Crippen LogP contribution in [0.3, 0.4) is 0 Å². The lowest BCUT2D eigenvalue weighted by Gasteiger charge is -2.23. The summed E-state index contributed by atoms with van der Waals surface area (Å²) in [5, 5.41) is 17.5. The van der Waals surface area contributed by atoms with Gasteiger partial charge in [0.2, 0.25) is 5.88 Å². The lowest BCUT2D eigenvalue weighted by molar-refractivity contribution is 0.170. The van der Waals surface area contributed by atoms with Crippen LogP contribution < -0.4 is 4.74 Å². The number of rotatable bonds is 6. The highest BCUT2D eigenvalue weighted by Gasteiger charge is 2.16. The van der Waals surface area contributed by atoms with Gasteiger partial charge in [0.05, 0.1) is 12.2 Å². The van der Waals surface area contributed by atoms with Gasteiger partial charge < -0.3 is 9.84 Å². The van der Waals surface area contributed by atoms with Crippen molar-refractivity contribution in [3.8, 4) is 11.9 Å². The molecule has 92 valence electrons. The van der Waals surface area contributed by atoms with Crippen molar-refractivity contribution in [2.24, 2.45) is 5.41 Å². The van der Waals surface area contributed by atoms with Gasteiger partial charge in [0.1, 0.15) is 6.07 Å². The van der Waals surface area contributed by atoms with Crippen molar-refractivity contribution in [1.29, 1.82) is 5.26 Å². The number of nitrogens with zero attached hydrogens (tertiary/aromatic N) is 2. The quantitative estimate of drug-likeness (QED) is 0.818. The molecule has 0 saturated carbocycles. The van der Waals surface area contributed by atoms with Crippen molar-refractivity contribution in [2.75, 3.05) is 13.2 Å². The first-order chi connectivity index (χ1) is 8.07. The molecule has 4 nitrogen and oxygen atoms in total. The number of hydrogen-bond donors (Lipinski definition) is 1. The van der Waals surface area contributed by atoms with Crippen molar-refractivity contribution in [1.82, 2.24) is 4.98 Å². The van der Waals surface area contributed by atoms with E-state index < -0.39 is 0 Å². The van der Waals surface area contributed by atoms with E-state index in [4.69, 9.17) is 15.1 Å². The molecule has 0 fully saturated rings.